The summed E-state index contributed by atoms with van der Waals surface area (Å²) in [4.78, 5) is 43.1. The zero-order valence-corrected chi connectivity index (χ0v) is 16.6. The van der Waals surface area contributed by atoms with Gasteiger partial charge in [0, 0.05) is 23.4 Å². The van der Waals surface area contributed by atoms with Gasteiger partial charge >= 0.3 is 0 Å². The summed E-state index contributed by atoms with van der Waals surface area (Å²) < 4.78 is 0. The van der Waals surface area contributed by atoms with E-state index in [-0.39, 0.29) is 17.7 Å². The van der Waals surface area contributed by atoms with Crippen LogP contribution in [0.4, 0.5) is 0 Å². The summed E-state index contributed by atoms with van der Waals surface area (Å²) in [6.45, 7) is 6.90. The standard InChI is InChI=1S/C20H23N3O3S/c1-4-5-8-23-19(25)15-7-6-13(9-16(15)20(23)26)17(24)21-10-14-11-27-18(22-14)12(2)3/h6-7,9,11-12H,4-5,8,10H2,1-3H3,(H,21,24). The maximum Gasteiger partial charge on any atom is 0.261 e. The fraction of sp³-hybridized carbons (Fsp3) is 0.400. The van der Waals surface area contributed by atoms with Crippen LogP contribution in [-0.2, 0) is 6.54 Å². The highest BCUT2D eigenvalue weighted by Crippen LogP contribution is 2.24. The van der Waals surface area contributed by atoms with Crippen molar-refractivity contribution in [1.82, 2.24) is 15.2 Å². The number of carbonyl (C=O) groups is 3. The zero-order chi connectivity index (χ0) is 19.6. The Labute approximate surface area is 162 Å². The lowest BCUT2D eigenvalue weighted by Crippen LogP contribution is -2.30. The third-order valence-electron chi connectivity index (χ3n) is 4.46. The Kier molecular flexibility index (Phi) is 5.70. The number of nitrogens with one attached hydrogen (secondary N) is 1. The van der Waals surface area contributed by atoms with Crippen LogP contribution in [0.3, 0.4) is 0 Å². The lowest BCUT2D eigenvalue weighted by molar-refractivity contribution is 0.0652. The van der Waals surface area contributed by atoms with Crippen molar-refractivity contribution in [1.29, 1.82) is 0 Å². The van der Waals surface area contributed by atoms with E-state index in [1.807, 2.05) is 12.3 Å². The zero-order valence-electron chi connectivity index (χ0n) is 15.7. The van der Waals surface area contributed by atoms with Crippen LogP contribution < -0.4 is 5.32 Å². The molecule has 7 heteroatoms. The summed E-state index contributed by atoms with van der Waals surface area (Å²) in [6, 6.07) is 4.66. The van der Waals surface area contributed by atoms with Gasteiger partial charge in [0.05, 0.1) is 28.4 Å². The van der Waals surface area contributed by atoms with Gasteiger partial charge in [0.25, 0.3) is 17.7 Å². The van der Waals surface area contributed by atoms with Crippen molar-refractivity contribution >= 4 is 29.1 Å². The van der Waals surface area contributed by atoms with Crippen molar-refractivity contribution in [3.8, 4) is 0 Å². The average molecular weight is 385 g/mol. The molecular formula is C20H23N3O3S. The van der Waals surface area contributed by atoms with Gasteiger partial charge in [-0.25, -0.2) is 4.98 Å². The van der Waals surface area contributed by atoms with Crippen LogP contribution in [0.25, 0.3) is 0 Å². The van der Waals surface area contributed by atoms with Gasteiger partial charge in [-0.2, -0.15) is 0 Å². The molecule has 27 heavy (non-hydrogen) atoms. The SMILES string of the molecule is CCCCN1C(=O)c2ccc(C(=O)NCc3csc(C(C)C)n3)cc2C1=O. The van der Waals surface area contributed by atoms with Gasteiger partial charge in [0.15, 0.2) is 0 Å². The molecule has 0 radical (unpaired) electrons. The quantitative estimate of drug-likeness (QED) is 0.739. The summed E-state index contributed by atoms with van der Waals surface area (Å²) >= 11 is 1.58. The van der Waals surface area contributed by atoms with Crippen LogP contribution in [0.2, 0.25) is 0 Å². The molecule has 142 valence electrons. The van der Waals surface area contributed by atoms with Crippen LogP contribution in [0.15, 0.2) is 23.6 Å². The summed E-state index contributed by atoms with van der Waals surface area (Å²) in [5.41, 5.74) is 1.86. The summed E-state index contributed by atoms with van der Waals surface area (Å²) in [5.74, 6) is -0.530. The second kappa shape index (κ2) is 8.00. The molecule has 2 aromatic rings. The van der Waals surface area contributed by atoms with Gasteiger partial charge in [0.2, 0.25) is 0 Å². The lowest BCUT2D eigenvalue weighted by atomic mass is 10.1. The number of benzene rings is 1. The van der Waals surface area contributed by atoms with Gasteiger partial charge in [-0.15, -0.1) is 11.3 Å². The van der Waals surface area contributed by atoms with E-state index in [0.717, 1.165) is 23.5 Å². The number of amides is 3. The minimum atomic E-state index is -0.320. The Morgan fingerprint density at radius 2 is 1.96 bits per heavy atom. The van der Waals surface area contributed by atoms with E-state index in [2.05, 4.69) is 24.1 Å². The number of unbranched alkanes of at least 4 members (excludes halogenated alkanes) is 1. The maximum absolute atomic E-state index is 12.5. The number of aromatic nitrogens is 1. The van der Waals surface area contributed by atoms with Crippen molar-refractivity contribution in [3.05, 3.63) is 51.0 Å². The molecule has 1 aromatic heterocycles. The van der Waals surface area contributed by atoms with Crippen molar-refractivity contribution in [2.75, 3.05) is 6.54 Å². The molecule has 1 aromatic carbocycles. The summed E-state index contributed by atoms with van der Waals surface area (Å²) in [5, 5.41) is 5.80. The Balaban J connectivity index is 1.70. The smallest absolute Gasteiger partial charge is 0.261 e. The summed E-state index contributed by atoms with van der Waals surface area (Å²) in [7, 11) is 0. The maximum atomic E-state index is 12.5. The van der Waals surface area contributed by atoms with Crippen LogP contribution in [0, 0.1) is 0 Å². The topological polar surface area (TPSA) is 79.4 Å². The van der Waals surface area contributed by atoms with Gasteiger partial charge in [0.1, 0.15) is 0 Å². The molecule has 1 N–H and O–H groups in total. The predicted octanol–water partition coefficient (Wildman–Crippen LogP) is 3.59. The number of nitrogens with zero attached hydrogens (tertiary/aromatic N) is 2. The van der Waals surface area contributed by atoms with Crippen LogP contribution >= 0.6 is 11.3 Å². The Morgan fingerprint density at radius 1 is 1.22 bits per heavy atom. The molecule has 0 spiro atoms. The first-order valence-electron chi connectivity index (χ1n) is 9.15. The van der Waals surface area contributed by atoms with Crippen molar-refractivity contribution in [3.63, 3.8) is 0 Å². The van der Waals surface area contributed by atoms with Crippen LogP contribution in [0.1, 0.15) is 81.3 Å². The number of imide groups is 1. The fourth-order valence-corrected chi connectivity index (χ4v) is 3.73. The largest absolute Gasteiger partial charge is 0.346 e. The Morgan fingerprint density at radius 3 is 2.63 bits per heavy atom. The van der Waals surface area contributed by atoms with Gasteiger partial charge in [-0.05, 0) is 24.6 Å². The molecule has 0 unspecified atom stereocenters. The summed E-state index contributed by atoms with van der Waals surface area (Å²) in [6.07, 6.45) is 1.67. The minimum absolute atomic E-state index is 0.279. The number of rotatable bonds is 7. The molecule has 0 fully saturated rings. The number of hydrogen-bond acceptors (Lipinski definition) is 5. The molecular weight excluding hydrogens is 362 g/mol. The second-order valence-electron chi connectivity index (χ2n) is 6.89. The van der Waals surface area contributed by atoms with Crippen LogP contribution in [-0.4, -0.2) is 34.2 Å². The molecule has 1 aliphatic rings. The van der Waals surface area contributed by atoms with Crippen molar-refractivity contribution in [2.45, 2.75) is 46.1 Å². The van der Waals surface area contributed by atoms with E-state index in [9.17, 15) is 14.4 Å². The average Bonchev–Trinajstić information content (AvgIpc) is 3.22. The van der Waals surface area contributed by atoms with E-state index < -0.39 is 0 Å². The molecule has 1 aliphatic heterocycles. The van der Waals surface area contributed by atoms with E-state index in [4.69, 9.17) is 0 Å². The van der Waals surface area contributed by atoms with E-state index in [1.54, 1.807) is 23.5 Å². The predicted molar refractivity (Wildman–Crippen MR) is 104 cm³/mol. The molecule has 6 nitrogen and oxygen atoms in total. The monoisotopic (exact) mass is 385 g/mol. The first kappa shape index (κ1) is 19.2. The van der Waals surface area contributed by atoms with Crippen molar-refractivity contribution < 1.29 is 14.4 Å². The number of fused-ring (bicyclic) bond motifs is 1. The van der Waals surface area contributed by atoms with Gasteiger partial charge < -0.3 is 5.32 Å². The molecule has 0 saturated heterocycles. The fourth-order valence-electron chi connectivity index (χ4n) is 2.89. The van der Waals surface area contributed by atoms with Gasteiger partial charge in [-0.1, -0.05) is 27.2 Å². The van der Waals surface area contributed by atoms with E-state index >= 15 is 0 Å². The van der Waals surface area contributed by atoms with Crippen molar-refractivity contribution in [2.24, 2.45) is 0 Å². The number of carbonyl (C=O) groups excluding carboxylic acids is 3. The first-order valence-corrected chi connectivity index (χ1v) is 10.0. The molecule has 0 saturated carbocycles. The van der Waals surface area contributed by atoms with Crippen LogP contribution in [0.5, 0.6) is 0 Å². The number of hydrogen-bond donors (Lipinski definition) is 1. The molecule has 0 atom stereocenters. The molecule has 0 aliphatic carbocycles. The minimum Gasteiger partial charge on any atom is -0.346 e. The van der Waals surface area contributed by atoms with E-state index in [0.29, 0.717) is 35.7 Å². The highest BCUT2D eigenvalue weighted by atomic mass is 32.1. The third-order valence-corrected chi connectivity index (χ3v) is 5.66. The highest BCUT2D eigenvalue weighted by molar-refractivity contribution is 7.09. The lowest BCUT2D eigenvalue weighted by Gasteiger charge is -2.12. The molecule has 3 rings (SSSR count). The first-order chi connectivity index (χ1) is 12.9. The molecule has 3 amide bonds. The van der Waals surface area contributed by atoms with E-state index in [1.165, 1.54) is 11.0 Å². The Hall–Kier alpha value is -2.54. The molecule has 0 bridgehead atoms. The normalized spacial score (nSPS) is 13.4. The second-order valence-corrected chi connectivity index (χ2v) is 7.78. The molecule has 2 heterocycles. The van der Waals surface area contributed by atoms with Gasteiger partial charge in [-0.3, -0.25) is 19.3 Å². The Bertz CT molecular complexity index is 888. The highest BCUT2D eigenvalue weighted by Gasteiger charge is 2.35. The number of thiazole rings is 1. The third kappa shape index (κ3) is 3.93.